The summed E-state index contributed by atoms with van der Waals surface area (Å²) in [4.78, 5) is 5.28. The van der Waals surface area contributed by atoms with Crippen LogP contribution in [0.1, 0.15) is 45.1 Å². The molecule has 1 spiro atoms. The Morgan fingerprint density at radius 2 is 0.964 bits per heavy atom. The number of allylic oxidation sites excluding steroid dienone is 1. The second-order valence-corrected chi connectivity index (χ2v) is 14.6. The average Bonchev–Trinajstić information content (AvgIpc) is 3.57. The number of benzene rings is 8. The van der Waals surface area contributed by atoms with Crippen molar-refractivity contribution in [3.8, 4) is 44.9 Å². The van der Waals surface area contributed by atoms with Crippen LogP contribution in [0.15, 0.2) is 211 Å². The lowest BCUT2D eigenvalue weighted by Crippen LogP contribution is -2.32. The predicted octanol–water partition coefficient (Wildman–Crippen LogP) is 12.6. The van der Waals surface area contributed by atoms with Gasteiger partial charge < -0.3 is 10.1 Å². The molecule has 2 heterocycles. The van der Waals surface area contributed by atoms with Gasteiger partial charge in [0.25, 0.3) is 0 Å². The highest BCUT2D eigenvalue weighted by Gasteiger charge is 2.51. The summed E-state index contributed by atoms with van der Waals surface area (Å²) in [5.74, 6) is 1.78. The van der Waals surface area contributed by atoms with Crippen LogP contribution in [0.25, 0.3) is 39.1 Å². The molecule has 8 aromatic carbocycles. The highest BCUT2D eigenvalue weighted by molar-refractivity contribution is 6.13. The number of hydrogen-bond acceptors (Lipinski definition) is 3. The molecule has 3 aliphatic rings. The van der Waals surface area contributed by atoms with Crippen LogP contribution in [0, 0.1) is 0 Å². The van der Waals surface area contributed by atoms with Gasteiger partial charge in [-0.25, -0.2) is 0 Å². The van der Waals surface area contributed by atoms with E-state index in [9.17, 15) is 0 Å². The molecule has 1 aliphatic carbocycles. The van der Waals surface area contributed by atoms with Crippen LogP contribution < -0.4 is 10.1 Å². The van der Waals surface area contributed by atoms with Crippen molar-refractivity contribution < 1.29 is 4.74 Å². The van der Waals surface area contributed by atoms with E-state index in [-0.39, 0.29) is 6.17 Å². The Hall–Kier alpha value is -7.23. The summed E-state index contributed by atoms with van der Waals surface area (Å²) in [6.45, 7) is 0. The molecule has 0 saturated carbocycles. The minimum atomic E-state index is -0.521. The van der Waals surface area contributed by atoms with Crippen molar-refractivity contribution in [1.29, 1.82) is 0 Å². The molecule has 3 heteroatoms. The summed E-state index contributed by atoms with van der Waals surface area (Å²) in [7, 11) is 0. The highest BCUT2D eigenvalue weighted by atomic mass is 16.5. The standard InChI is InChI=1S/C53H36N2O/c1-3-17-35(18-4-1)48-34-49(36-19-5-2-6-20-36)55-52(54-48)38-22-15-21-37(33-38)39-23-7-8-24-40(39)43-27-16-31-47-51(43)56-50-32-14-13-30-46(50)53(47)44-28-11-9-25-41(44)42-26-10-12-29-45(42)53/h1-34,52,54H. The molecule has 0 saturated heterocycles. The average molecular weight is 717 g/mol. The van der Waals surface area contributed by atoms with E-state index in [1.54, 1.807) is 0 Å². The number of rotatable bonds is 5. The fourth-order valence-corrected chi connectivity index (χ4v) is 9.18. The van der Waals surface area contributed by atoms with Gasteiger partial charge in [-0.2, -0.15) is 0 Å². The zero-order valence-corrected chi connectivity index (χ0v) is 30.6. The molecule has 11 rings (SSSR count). The summed E-state index contributed by atoms with van der Waals surface area (Å²) >= 11 is 0. The summed E-state index contributed by atoms with van der Waals surface area (Å²) in [6.07, 6.45) is 1.88. The lowest BCUT2D eigenvalue weighted by Gasteiger charge is -2.40. The summed E-state index contributed by atoms with van der Waals surface area (Å²) in [5, 5.41) is 3.76. The van der Waals surface area contributed by atoms with Crippen LogP contribution in [-0.2, 0) is 5.41 Å². The van der Waals surface area contributed by atoms with Crippen molar-refractivity contribution >= 4 is 11.4 Å². The zero-order valence-electron chi connectivity index (χ0n) is 30.6. The number of nitrogens with one attached hydrogen (secondary N) is 1. The third-order valence-corrected chi connectivity index (χ3v) is 11.6. The fourth-order valence-electron chi connectivity index (χ4n) is 9.18. The topological polar surface area (TPSA) is 33.6 Å². The number of nitrogens with zero attached hydrogens (tertiary/aromatic N) is 1. The Labute approximate surface area is 327 Å². The largest absolute Gasteiger partial charge is 0.456 e. The van der Waals surface area contributed by atoms with E-state index in [1.807, 2.05) is 6.07 Å². The molecular formula is C53H36N2O. The first kappa shape index (κ1) is 32.2. The van der Waals surface area contributed by atoms with E-state index in [1.165, 1.54) is 27.8 Å². The number of fused-ring (bicyclic) bond motifs is 9. The summed E-state index contributed by atoms with van der Waals surface area (Å²) in [6, 6.07) is 71.5. The Kier molecular flexibility index (Phi) is 7.46. The van der Waals surface area contributed by atoms with Gasteiger partial charge in [-0.05, 0) is 73.8 Å². The Bertz CT molecular complexity index is 2830. The van der Waals surface area contributed by atoms with E-state index < -0.39 is 5.41 Å². The molecule has 0 aromatic heterocycles. The Morgan fingerprint density at radius 3 is 1.70 bits per heavy atom. The van der Waals surface area contributed by atoms with Crippen LogP contribution in [0.2, 0.25) is 0 Å². The third-order valence-electron chi connectivity index (χ3n) is 11.6. The van der Waals surface area contributed by atoms with Crippen LogP contribution in [0.3, 0.4) is 0 Å². The first-order valence-corrected chi connectivity index (χ1v) is 19.2. The highest BCUT2D eigenvalue weighted by Crippen LogP contribution is 2.63. The molecule has 0 radical (unpaired) electrons. The molecule has 1 N–H and O–H groups in total. The molecule has 8 aromatic rings. The second-order valence-electron chi connectivity index (χ2n) is 14.6. The van der Waals surface area contributed by atoms with Crippen molar-refractivity contribution in [3.63, 3.8) is 0 Å². The predicted molar refractivity (Wildman–Crippen MR) is 228 cm³/mol. The van der Waals surface area contributed by atoms with Gasteiger partial charge in [0.15, 0.2) is 0 Å². The van der Waals surface area contributed by atoms with E-state index in [2.05, 4.69) is 206 Å². The van der Waals surface area contributed by atoms with Gasteiger partial charge in [0.05, 0.1) is 11.1 Å². The molecule has 3 nitrogen and oxygen atoms in total. The quantitative estimate of drug-likeness (QED) is 0.192. The van der Waals surface area contributed by atoms with Crippen LogP contribution in [0.5, 0.6) is 11.5 Å². The van der Waals surface area contributed by atoms with Crippen molar-refractivity contribution in [2.45, 2.75) is 11.6 Å². The lowest BCUT2D eigenvalue weighted by molar-refractivity contribution is 0.438. The minimum Gasteiger partial charge on any atom is -0.456 e. The van der Waals surface area contributed by atoms with Crippen molar-refractivity contribution in [2.24, 2.45) is 4.99 Å². The number of para-hydroxylation sites is 2. The summed E-state index contributed by atoms with van der Waals surface area (Å²) in [5.41, 5.74) is 16.7. The molecular weight excluding hydrogens is 681 g/mol. The summed E-state index contributed by atoms with van der Waals surface area (Å²) < 4.78 is 7.06. The fraction of sp³-hybridized carbons (Fsp3) is 0.0377. The molecule has 0 fully saturated rings. The van der Waals surface area contributed by atoms with Crippen LogP contribution in [-0.4, -0.2) is 5.71 Å². The molecule has 264 valence electrons. The monoisotopic (exact) mass is 716 g/mol. The van der Waals surface area contributed by atoms with Gasteiger partial charge in [0.1, 0.15) is 17.7 Å². The van der Waals surface area contributed by atoms with Crippen molar-refractivity contribution in [3.05, 3.63) is 245 Å². The molecule has 2 aliphatic heterocycles. The van der Waals surface area contributed by atoms with Gasteiger partial charge in [0.2, 0.25) is 0 Å². The van der Waals surface area contributed by atoms with E-state index in [0.717, 1.165) is 67.4 Å². The minimum absolute atomic E-state index is 0.274. The van der Waals surface area contributed by atoms with Gasteiger partial charge in [0, 0.05) is 22.4 Å². The lowest BCUT2D eigenvalue weighted by atomic mass is 9.65. The van der Waals surface area contributed by atoms with E-state index in [0.29, 0.717) is 0 Å². The third kappa shape index (κ3) is 4.94. The zero-order chi connectivity index (χ0) is 37.1. The first-order valence-electron chi connectivity index (χ1n) is 19.2. The van der Waals surface area contributed by atoms with Crippen molar-refractivity contribution in [2.75, 3.05) is 0 Å². The van der Waals surface area contributed by atoms with Gasteiger partial charge in [-0.15, -0.1) is 0 Å². The molecule has 1 atom stereocenters. The number of aliphatic imine (C=N–C) groups is 1. The van der Waals surface area contributed by atoms with Gasteiger partial charge in [-0.1, -0.05) is 188 Å². The van der Waals surface area contributed by atoms with Crippen molar-refractivity contribution in [1.82, 2.24) is 5.32 Å². The maximum atomic E-state index is 7.06. The molecule has 56 heavy (non-hydrogen) atoms. The number of ether oxygens (including phenoxy) is 1. The van der Waals surface area contributed by atoms with Gasteiger partial charge in [-0.3, -0.25) is 4.99 Å². The molecule has 0 amide bonds. The normalized spacial score (nSPS) is 15.6. The number of hydrogen-bond donors (Lipinski definition) is 1. The van der Waals surface area contributed by atoms with Crippen LogP contribution in [0.4, 0.5) is 0 Å². The Morgan fingerprint density at radius 1 is 0.429 bits per heavy atom. The smallest absolute Gasteiger partial charge is 0.145 e. The van der Waals surface area contributed by atoms with E-state index >= 15 is 0 Å². The maximum Gasteiger partial charge on any atom is 0.145 e. The van der Waals surface area contributed by atoms with Crippen LogP contribution >= 0.6 is 0 Å². The van der Waals surface area contributed by atoms with Gasteiger partial charge >= 0.3 is 0 Å². The van der Waals surface area contributed by atoms with E-state index in [4.69, 9.17) is 9.73 Å². The Balaban J connectivity index is 1.06. The maximum absolute atomic E-state index is 7.06. The SMILES string of the molecule is C1=C(c2ccccc2)NC(c2cccc(-c3ccccc3-c3cccc4c3Oc3ccccc3C43c4ccccc4-c4ccccc43)c2)N=C1c1ccccc1. The molecule has 0 bridgehead atoms. The first-order chi connectivity index (χ1) is 27.8. The second kappa shape index (κ2) is 13.0. The molecule has 1 unspecified atom stereocenters.